The van der Waals surface area contributed by atoms with E-state index in [-0.39, 0.29) is 6.61 Å². The molecule has 0 unspecified atom stereocenters. The molecular weight excluding hydrogens is 240 g/mol. The summed E-state index contributed by atoms with van der Waals surface area (Å²) in [4.78, 5) is 4.39. The first-order valence-electron chi connectivity index (χ1n) is 5.69. The summed E-state index contributed by atoms with van der Waals surface area (Å²) in [5, 5.41) is 3.06. The third kappa shape index (κ3) is 2.95. The normalized spacial score (nSPS) is 11.3. The van der Waals surface area contributed by atoms with E-state index in [1.165, 1.54) is 0 Å². The minimum absolute atomic E-state index is 0.230. The van der Waals surface area contributed by atoms with Crippen molar-refractivity contribution in [3.05, 3.63) is 24.3 Å². The van der Waals surface area contributed by atoms with Crippen molar-refractivity contribution < 1.29 is 13.5 Å². The van der Waals surface area contributed by atoms with Gasteiger partial charge in [0.1, 0.15) is 6.61 Å². The van der Waals surface area contributed by atoms with Gasteiger partial charge in [-0.2, -0.15) is 0 Å². The molecule has 6 heteroatoms. The van der Waals surface area contributed by atoms with Gasteiger partial charge in [0.05, 0.1) is 17.6 Å². The zero-order valence-electron chi connectivity index (χ0n) is 10.1. The van der Waals surface area contributed by atoms with Crippen LogP contribution in [0.5, 0.6) is 0 Å². The molecule has 0 radical (unpaired) electrons. The van der Waals surface area contributed by atoms with Crippen LogP contribution >= 0.6 is 0 Å². The highest BCUT2D eigenvalue weighted by molar-refractivity contribution is 5.78. The Labute approximate surface area is 104 Å². The molecule has 0 atom stereocenters. The monoisotopic (exact) mass is 255 g/mol. The van der Waals surface area contributed by atoms with Crippen LogP contribution < -0.4 is 5.32 Å². The number of ether oxygens (including phenoxy) is 1. The van der Waals surface area contributed by atoms with Gasteiger partial charge >= 0.3 is 0 Å². The predicted molar refractivity (Wildman–Crippen MR) is 66.0 cm³/mol. The molecule has 1 heterocycles. The number of aryl methyl sites for hydroxylation is 1. The molecule has 2 aromatic rings. The molecule has 0 fully saturated rings. The van der Waals surface area contributed by atoms with Crippen molar-refractivity contribution in [1.29, 1.82) is 0 Å². The summed E-state index contributed by atoms with van der Waals surface area (Å²) in [6.45, 7) is 0.154. The van der Waals surface area contributed by atoms with Crippen molar-refractivity contribution in [1.82, 2.24) is 9.55 Å². The Bertz CT molecular complexity index is 513. The summed E-state index contributed by atoms with van der Waals surface area (Å²) in [6.07, 6.45) is -2.42. The second kappa shape index (κ2) is 5.77. The number of imidazole rings is 1. The van der Waals surface area contributed by atoms with Gasteiger partial charge in [0.25, 0.3) is 6.43 Å². The number of rotatable bonds is 6. The number of nitrogens with one attached hydrogen (secondary N) is 1. The third-order valence-electron chi connectivity index (χ3n) is 2.56. The standard InChI is InChI=1S/C12H15F2N3O/c1-17-10-5-3-2-4-9(10)16-12(17)15-6-7-18-8-11(13)14/h2-5,11H,6-8H2,1H3,(H,15,16). The van der Waals surface area contributed by atoms with E-state index in [1.807, 2.05) is 35.9 Å². The number of halogens is 2. The van der Waals surface area contributed by atoms with Gasteiger partial charge < -0.3 is 14.6 Å². The number of alkyl halides is 2. The fourth-order valence-electron chi connectivity index (χ4n) is 1.71. The Morgan fingerprint density at radius 2 is 2.17 bits per heavy atom. The Balaban J connectivity index is 1.90. The highest BCUT2D eigenvalue weighted by Gasteiger charge is 2.06. The van der Waals surface area contributed by atoms with Gasteiger partial charge in [0.15, 0.2) is 0 Å². The Hall–Kier alpha value is -1.69. The van der Waals surface area contributed by atoms with E-state index in [0.29, 0.717) is 12.5 Å². The van der Waals surface area contributed by atoms with Crippen molar-refractivity contribution in [2.45, 2.75) is 6.43 Å². The molecule has 1 N–H and O–H groups in total. The smallest absolute Gasteiger partial charge is 0.261 e. The topological polar surface area (TPSA) is 39.1 Å². The van der Waals surface area contributed by atoms with E-state index in [2.05, 4.69) is 10.3 Å². The van der Waals surface area contributed by atoms with E-state index in [1.54, 1.807) is 0 Å². The number of aromatic nitrogens is 2. The Morgan fingerprint density at radius 1 is 1.39 bits per heavy atom. The average Bonchev–Trinajstić information content (AvgIpc) is 2.66. The maximum Gasteiger partial charge on any atom is 0.261 e. The highest BCUT2D eigenvalue weighted by atomic mass is 19.3. The highest BCUT2D eigenvalue weighted by Crippen LogP contribution is 2.17. The quantitative estimate of drug-likeness (QED) is 0.805. The molecule has 4 nitrogen and oxygen atoms in total. The van der Waals surface area contributed by atoms with Crippen molar-refractivity contribution in [3.63, 3.8) is 0 Å². The lowest BCUT2D eigenvalue weighted by Gasteiger charge is -2.06. The van der Waals surface area contributed by atoms with Gasteiger partial charge in [-0.15, -0.1) is 0 Å². The summed E-state index contributed by atoms with van der Waals surface area (Å²) in [6, 6.07) is 7.76. The molecule has 0 saturated carbocycles. The summed E-state index contributed by atoms with van der Waals surface area (Å²) < 4.78 is 30.4. The molecule has 0 bridgehead atoms. The van der Waals surface area contributed by atoms with Crippen LogP contribution in [0, 0.1) is 0 Å². The minimum Gasteiger partial charge on any atom is -0.374 e. The first-order valence-corrected chi connectivity index (χ1v) is 5.69. The lowest BCUT2D eigenvalue weighted by Crippen LogP contribution is -2.14. The SMILES string of the molecule is Cn1c(NCCOCC(F)F)nc2ccccc21. The second-order valence-corrected chi connectivity index (χ2v) is 3.88. The van der Waals surface area contributed by atoms with Crippen LogP contribution in [0.4, 0.5) is 14.7 Å². The lowest BCUT2D eigenvalue weighted by atomic mass is 10.3. The zero-order valence-corrected chi connectivity index (χ0v) is 10.1. The summed E-state index contributed by atoms with van der Waals surface area (Å²) in [5.41, 5.74) is 1.92. The molecule has 18 heavy (non-hydrogen) atoms. The third-order valence-corrected chi connectivity index (χ3v) is 2.56. The molecule has 98 valence electrons. The molecule has 0 saturated heterocycles. The fourth-order valence-corrected chi connectivity index (χ4v) is 1.71. The van der Waals surface area contributed by atoms with Gasteiger partial charge in [-0.25, -0.2) is 13.8 Å². The van der Waals surface area contributed by atoms with Crippen LogP contribution in [0.2, 0.25) is 0 Å². The van der Waals surface area contributed by atoms with Gasteiger partial charge in [-0.05, 0) is 12.1 Å². The van der Waals surface area contributed by atoms with E-state index < -0.39 is 13.0 Å². The second-order valence-electron chi connectivity index (χ2n) is 3.88. The van der Waals surface area contributed by atoms with Gasteiger partial charge in [0.2, 0.25) is 5.95 Å². The van der Waals surface area contributed by atoms with Crippen LogP contribution in [0.3, 0.4) is 0 Å². The van der Waals surface area contributed by atoms with Gasteiger partial charge in [-0.1, -0.05) is 12.1 Å². The summed E-state index contributed by atoms with van der Waals surface area (Å²) >= 11 is 0. The van der Waals surface area contributed by atoms with Crippen LogP contribution in [0.15, 0.2) is 24.3 Å². The lowest BCUT2D eigenvalue weighted by molar-refractivity contribution is 0.0214. The molecule has 1 aromatic heterocycles. The maximum atomic E-state index is 11.8. The van der Waals surface area contributed by atoms with Crippen LogP contribution in [0.25, 0.3) is 11.0 Å². The van der Waals surface area contributed by atoms with Crippen molar-refractivity contribution in [2.75, 3.05) is 25.1 Å². The van der Waals surface area contributed by atoms with E-state index >= 15 is 0 Å². The average molecular weight is 255 g/mol. The van der Waals surface area contributed by atoms with Crippen LogP contribution in [-0.2, 0) is 11.8 Å². The number of anilines is 1. The number of para-hydroxylation sites is 2. The molecular formula is C12H15F2N3O. The molecule has 0 aliphatic heterocycles. The predicted octanol–water partition coefficient (Wildman–Crippen LogP) is 2.27. The molecule has 0 amide bonds. The molecule has 0 aliphatic rings. The Kier molecular flexibility index (Phi) is 4.09. The van der Waals surface area contributed by atoms with E-state index in [9.17, 15) is 8.78 Å². The van der Waals surface area contributed by atoms with Crippen LogP contribution in [-0.4, -0.2) is 35.7 Å². The number of fused-ring (bicyclic) bond motifs is 1. The summed E-state index contributed by atoms with van der Waals surface area (Å²) in [7, 11) is 1.90. The minimum atomic E-state index is -2.42. The molecule has 0 spiro atoms. The van der Waals surface area contributed by atoms with Gasteiger partial charge in [0, 0.05) is 13.6 Å². The number of hydrogen-bond acceptors (Lipinski definition) is 3. The molecule has 1 aromatic carbocycles. The van der Waals surface area contributed by atoms with E-state index in [4.69, 9.17) is 4.74 Å². The van der Waals surface area contributed by atoms with Crippen molar-refractivity contribution in [2.24, 2.45) is 7.05 Å². The first kappa shape index (κ1) is 12.8. The largest absolute Gasteiger partial charge is 0.374 e. The number of nitrogens with zero attached hydrogens (tertiary/aromatic N) is 2. The van der Waals surface area contributed by atoms with E-state index in [0.717, 1.165) is 11.0 Å². The summed E-state index contributed by atoms with van der Waals surface area (Å²) in [5.74, 6) is 0.705. The number of hydrogen-bond donors (Lipinski definition) is 1. The fraction of sp³-hybridized carbons (Fsp3) is 0.417. The molecule has 2 rings (SSSR count). The zero-order chi connectivity index (χ0) is 13.0. The van der Waals surface area contributed by atoms with Crippen LogP contribution in [0.1, 0.15) is 0 Å². The maximum absolute atomic E-state index is 11.8. The number of benzene rings is 1. The van der Waals surface area contributed by atoms with Gasteiger partial charge in [-0.3, -0.25) is 0 Å². The van der Waals surface area contributed by atoms with Crippen molar-refractivity contribution >= 4 is 17.0 Å². The Morgan fingerprint density at radius 3 is 2.89 bits per heavy atom. The van der Waals surface area contributed by atoms with Crippen molar-refractivity contribution in [3.8, 4) is 0 Å². The first-order chi connectivity index (χ1) is 8.68. The molecule has 0 aliphatic carbocycles.